The molecule has 1 aliphatic heterocycles. The topological polar surface area (TPSA) is 88.4 Å². The predicted octanol–water partition coefficient (Wildman–Crippen LogP) is 4.91. The number of fused-ring (bicyclic) bond motifs is 4. The van der Waals surface area contributed by atoms with Crippen molar-refractivity contribution in [2.24, 2.45) is 0 Å². The van der Waals surface area contributed by atoms with Gasteiger partial charge in [0.1, 0.15) is 28.3 Å². The fraction of sp³-hybridized carbons (Fsp3) is 0.261. The third-order valence-electron chi connectivity index (χ3n) is 5.40. The maximum atomic E-state index is 12.5. The second-order valence-electron chi connectivity index (χ2n) is 7.40. The number of esters is 1. The quantitative estimate of drug-likeness (QED) is 0.570. The Morgan fingerprint density at radius 1 is 1.19 bits per heavy atom. The van der Waals surface area contributed by atoms with E-state index in [1.807, 2.05) is 24.3 Å². The van der Waals surface area contributed by atoms with Crippen molar-refractivity contribution in [3.63, 3.8) is 0 Å². The molecule has 0 atom stereocenters. The molecule has 5 rings (SSSR count). The average molecular weight is 451 g/mol. The van der Waals surface area contributed by atoms with Gasteiger partial charge in [-0.3, -0.25) is 4.79 Å². The van der Waals surface area contributed by atoms with E-state index in [4.69, 9.17) is 9.47 Å². The van der Waals surface area contributed by atoms with Crippen molar-refractivity contribution in [3.05, 3.63) is 56.8 Å². The van der Waals surface area contributed by atoms with Crippen LogP contribution in [0.25, 0.3) is 10.4 Å². The van der Waals surface area contributed by atoms with Crippen molar-refractivity contribution in [1.82, 2.24) is 0 Å². The van der Waals surface area contributed by atoms with Crippen molar-refractivity contribution >= 4 is 39.6 Å². The molecular formula is C23H18N2O4S2. The van der Waals surface area contributed by atoms with E-state index in [-0.39, 0.29) is 0 Å². The maximum Gasteiger partial charge on any atom is 0.348 e. The molecule has 0 fully saturated rings. The molecule has 0 saturated heterocycles. The van der Waals surface area contributed by atoms with Crippen LogP contribution < -0.4 is 10.1 Å². The number of rotatable bonds is 4. The summed E-state index contributed by atoms with van der Waals surface area (Å²) in [4.78, 5) is 27.5. The Morgan fingerprint density at radius 3 is 2.90 bits per heavy atom. The van der Waals surface area contributed by atoms with Crippen LogP contribution in [0.5, 0.6) is 5.75 Å². The number of anilines is 1. The van der Waals surface area contributed by atoms with Crippen LogP contribution in [-0.4, -0.2) is 18.5 Å². The molecular weight excluding hydrogens is 432 g/mol. The highest BCUT2D eigenvalue weighted by atomic mass is 32.1. The standard InChI is InChI=1S/C23H18N2O4S2/c24-10-16-14-5-2-4-8-18(14)31-22(16)25-20(26)12-29-23(27)19-9-13-11-28-17-7-3-1-6-15(17)21(13)30-19/h1,3,6-7,9H,2,4-5,8,11-12H2,(H,25,26). The van der Waals surface area contributed by atoms with Crippen LogP contribution in [0.3, 0.4) is 0 Å². The Hall–Kier alpha value is -3.15. The van der Waals surface area contributed by atoms with Gasteiger partial charge in [-0.2, -0.15) is 5.26 Å². The summed E-state index contributed by atoms with van der Waals surface area (Å²) in [7, 11) is 0. The second-order valence-corrected chi connectivity index (χ2v) is 9.56. The van der Waals surface area contributed by atoms with Gasteiger partial charge in [-0.1, -0.05) is 12.1 Å². The average Bonchev–Trinajstić information content (AvgIpc) is 3.38. The molecule has 2 aromatic heterocycles. The predicted molar refractivity (Wildman–Crippen MR) is 119 cm³/mol. The third-order valence-corrected chi connectivity index (χ3v) is 7.79. The number of amides is 1. The first-order chi connectivity index (χ1) is 15.1. The molecule has 1 aliphatic carbocycles. The first-order valence-electron chi connectivity index (χ1n) is 10.0. The van der Waals surface area contributed by atoms with E-state index in [1.165, 1.54) is 27.6 Å². The minimum absolute atomic E-state index is 0.399. The first-order valence-corrected chi connectivity index (χ1v) is 11.6. The van der Waals surface area contributed by atoms with Gasteiger partial charge in [0.15, 0.2) is 6.61 Å². The fourth-order valence-corrected chi connectivity index (χ4v) is 6.28. The molecule has 156 valence electrons. The lowest BCUT2D eigenvalue weighted by atomic mass is 9.96. The highest BCUT2D eigenvalue weighted by molar-refractivity contribution is 7.17. The Morgan fingerprint density at radius 2 is 2.03 bits per heavy atom. The van der Waals surface area contributed by atoms with E-state index in [2.05, 4.69) is 11.4 Å². The van der Waals surface area contributed by atoms with E-state index in [9.17, 15) is 14.9 Å². The Labute approximate surface area is 187 Å². The number of nitrogens with zero attached hydrogens (tertiary/aromatic N) is 1. The highest BCUT2D eigenvalue weighted by Crippen LogP contribution is 2.42. The van der Waals surface area contributed by atoms with Gasteiger partial charge in [-0.05, 0) is 49.4 Å². The summed E-state index contributed by atoms with van der Waals surface area (Å²) < 4.78 is 11.0. The summed E-state index contributed by atoms with van der Waals surface area (Å²) in [5, 5.41) is 12.8. The number of hydrogen-bond acceptors (Lipinski definition) is 7. The van der Waals surface area contributed by atoms with E-state index < -0.39 is 18.5 Å². The molecule has 1 aromatic carbocycles. The molecule has 1 N–H and O–H groups in total. The van der Waals surface area contributed by atoms with Crippen molar-refractivity contribution in [2.45, 2.75) is 32.3 Å². The van der Waals surface area contributed by atoms with Gasteiger partial charge in [0.05, 0.1) is 5.56 Å². The molecule has 3 aromatic rings. The van der Waals surface area contributed by atoms with Crippen LogP contribution in [0.15, 0.2) is 30.3 Å². The van der Waals surface area contributed by atoms with Gasteiger partial charge >= 0.3 is 5.97 Å². The second kappa shape index (κ2) is 8.17. The number of hydrogen-bond donors (Lipinski definition) is 1. The Kier molecular flexibility index (Phi) is 5.22. The molecule has 0 spiro atoms. The monoisotopic (exact) mass is 450 g/mol. The number of ether oxygens (including phenoxy) is 2. The molecule has 1 amide bonds. The molecule has 0 bridgehead atoms. The number of carbonyl (C=O) groups excluding carboxylic acids is 2. The minimum Gasteiger partial charge on any atom is -0.488 e. The van der Waals surface area contributed by atoms with Gasteiger partial charge in [0.2, 0.25) is 0 Å². The van der Waals surface area contributed by atoms with Crippen LogP contribution in [0.1, 0.15) is 44.1 Å². The normalized spacial score (nSPS) is 13.8. The number of para-hydroxylation sites is 1. The molecule has 6 nitrogen and oxygen atoms in total. The zero-order valence-corrected chi connectivity index (χ0v) is 18.2. The van der Waals surface area contributed by atoms with Gasteiger partial charge in [0.25, 0.3) is 5.91 Å². The number of nitrogens with one attached hydrogen (secondary N) is 1. The first kappa shape index (κ1) is 19.8. The van der Waals surface area contributed by atoms with Crippen molar-refractivity contribution < 1.29 is 19.1 Å². The fourth-order valence-electron chi connectivity index (χ4n) is 3.94. The smallest absolute Gasteiger partial charge is 0.348 e. The van der Waals surface area contributed by atoms with Gasteiger partial charge in [-0.25, -0.2) is 4.79 Å². The Balaban J connectivity index is 1.25. The third kappa shape index (κ3) is 3.71. The molecule has 8 heteroatoms. The lowest BCUT2D eigenvalue weighted by molar-refractivity contribution is -0.119. The van der Waals surface area contributed by atoms with Gasteiger partial charge < -0.3 is 14.8 Å². The number of aryl methyl sites for hydroxylation is 1. The van der Waals surface area contributed by atoms with E-state index >= 15 is 0 Å². The molecule has 31 heavy (non-hydrogen) atoms. The number of benzene rings is 1. The van der Waals surface area contributed by atoms with Crippen molar-refractivity contribution in [2.75, 3.05) is 11.9 Å². The van der Waals surface area contributed by atoms with Crippen LogP contribution in [0, 0.1) is 11.3 Å². The van der Waals surface area contributed by atoms with E-state index in [0.29, 0.717) is 22.0 Å². The zero-order chi connectivity index (χ0) is 21.4. The minimum atomic E-state index is -0.544. The lowest BCUT2D eigenvalue weighted by Crippen LogP contribution is -2.20. The van der Waals surface area contributed by atoms with E-state index in [0.717, 1.165) is 53.0 Å². The maximum absolute atomic E-state index is 12.5. The molecule has 3 heterocycles. The summed E-state index contributed by atoms with van der Waals surface area (Å²) in [6, 6.07) is 11.7. The molecule has 0 unspecified atom stereocenters. The number of thiophene rings is 2. The molecule has 0 saturated carbocycles. The molecule has 0 radical (unpaired) electrons. The summed E-state index contributed by atoms with van der Waals surface area (Å²) in [5.74, 6) is -0.195. The lowest BCUT2D eigenvalue weighted by Gasteiger charge is -2.16. The van der Waals surface area contributed by atoms with Gasteiger partial charge in [-0.15, -0.1) is 22.7 Å². The summed E-state index contributed by atoms with van der Waals surface area (Å²) in [5.41, 5.74) is 3.49. The molecule has 2 aliphatic rings. The van der Waals surface area contributed by atoms with Crippen LogP contribution in [0.2, 0.25) is 0 Å². The number of nitriles is 1. The Bertz CT molecular complexity index is 1230. The van der Waals surface area contributed by atoms with Crippen molar-refractivity contribution in [1.29, 1.82) is 5.26 Å². The SMILES string of the molecule is N#Cc1c(NC(=O)COC(=O)c2cc3c(s2)-c2ccccc2OC3)sc2c1CCCC2. The summed E-state index contributed by atoms with van der Waals surface area (Å²) >= 11 is 2.79. The largest absolute Gasteiger partial charge is 0.488 e. The number of carbonyl (C=O) groups is 2. The van der Waals surface area contributed by atoms with Crippen molar-refractivity contribution in [3.8, 4) is 22.3 Å². The zero-order valence-electron chi connectivity index (χ0n) is 16.5. The van der Waals surface area contributed by atoms with Crippen LogP contribution in [-0.2, 0) is 29.0 Å². The van der Waals surface area contributed by atoms with Crippen LogP contribution in [0.4, 0.5) is 5.00 Å². The highest BCUT2D eigenvalue weighted by Gasteiger charge is 2.24. The van der Waals surface area contributed by atoms with E-state index in [1.54, 1.807) is 6.07 Å². The van der Waals surface area contributed by atoms with Gasteiger partial charge in [0, 0.05) is 20.9 Å². The van der Waals surface area contributed by atoms with Crippen LogP contribution >= 0.6 is 22.7 Å². The summed E-state index contributed by atoms with van der Waals surface area (Å²) in [6.07, 6.45) is 3.97. The summed E-state index contributed by atoms with van der Waals surface area (Å²) in [6.45, 7) is -0.00147.